The maximum absolute atomic E-state index is 13.7. The molecular weight excluding hydrogens is 396 g/mol. The minimum absolute atomic E-state index is 0.0481. The Morgan fingerprint density at radius 3 is 2.70 bits per heavy atom. The standard InChI is InChI=1S/C24H22N2O3S/c1-24(2)13-16-21(18(27)14-24)22(19-9-5-11-29-19)26(23(28)20-10-6-12-30-20)17-8-4-3-7-15(17)25-16/h3-12,22,25H,13-14H2,1-2H3. The van der Waals surface area contributed by atoms with Gasteiger partial charge in [0, 0.05) is 17.7 Å². The molecule has 1 aromatic carbocycles. The summed E-state index contributed by atoms with van der Waals surface area (Å²) in [6.45, 7) is 4.20. The molecule has 0 bridgehead atoms. The summed E-state index contributed by atoms with van der Waals surface area (Å²) in [7, 11) is 0. The molecule has 0 spiro atoms. The molecule has 2 aliphatic rings. The highest BCUT2D eigenvalue weighted by atomic mass is 32.1. The second kappa shape index (κ2) is 6.99. The highest BCUT2D eigenvalue weighted by Gasteiger charge is 2.44. The van der Waals surface area contributed by atoms with E-state index in [0.717, 1.165) is 23.5 Å². The minimum Gasteiger partial charge on any atom is -0.467 e. The van der Waals surface area contributed by atoms with Crippen LogP contribution in [0.15, 0.2) is 75.9 Å². The number of furan rings is 1. The van der Waals surface area contributed by atoms with Gasteiger partial charge in [-0.1, -0.05) is 32.0 Å². The number of hydrogen-bond acceptors (Lipinski definition) is 5. The van der Waals surface area contributed by atoms with Gasteiger partial charge in [0.05, 0.1) is 22.5 Å². The Hall–Kier alpha value is -3.12. The van der Waals surface area contributed by atoms with Crippen molar-refractivity contribution in [3.05, 3.63) is 82.1 Å². The number of hydrogen-bond donors (Lipinski definition) is 1. The Balaban J connectivity index is 1.78. The Bertz CT molecular complexity index is 1140. The van der Waals surface area contributed by atoms with Gasteiger partial charge in [-0.2, -0.15) is 0 Å². The van der Waals surface area contributed by atoms with Gasteiger partial charge < -0.3 is 9.73 Å². The summed E-state index contributed by atoms with van der Waals surface area (Å²) in [5.41, 5.74) is 2.88. The fourth-order valence-corrected chi connectivity index (χ4v) is 5.11. The lowest BCUT2D eigenvalue weighted by molar-refractivity contribution is -0.118. The predicted molar refractivity (Wildman–Crippen MR) is 118 cm³/mol. The summed E-state index contributed by atoms with van der Waals surface area (Å²) in [5, 5.41) is 5.38. The molecule has 152 valence electrons. The molecule has 1 aliphatic carbocycles. The van der Waals surface area contributed by atoms with Crippen molar-refractivity contribution in [3.63, 3.8) is 0 Å². The number of amides is 1. The van der Waals surface area contributed by atoms with Crippen LogP contribution in [0.3, 0.4) is 0 Å². The van der Waals surface area contributed by atoms with Crippen molar-refractivity contribution in [1.29, 1.82) is 0 Å². The molecule has 0 radical (unpaired) electrons. The van der Waals surface area contributed by atoms with Gasteiger partial charge in [-0.15, -0.1) is 11.3 Å². The number of rotatable bonds is 2. The highest BCUT2D eigenvalue weighted by molar-refractivity contribution is 7.12. The van der Waals surface area contributed by atoms with E-state index in [0.29, 0.717) is 22.6 Å². The summed E-state index contributed by atoms with van der Waals surface area (Å²) in [6, 6.07) is 14.4. The van der Waals surface area contributed by atoms with E-state index < -0.39 is 6.04 Å². The fraction of sp³-hybridized carbons (Fsp3) is 0.250. The first-order chi connectivity index (χ1) is 14.4. The lowest BCUT2D eigenvalue weighted by atomic mass is 9.74. The molecule has 1 amide bonds. The Labute approximate surface area is 179 Å². The number of fused-ring (bicyclic) bond motifs is 1. The van der Waals surface area contributed by atoms with Crippen LogP contribution in [-0.2, 0) is 4.79 Å². The molecule has 1 unspecified atom stereocenters. The Kier molecular flexibility index (Phi) is 4.40. The average molecular weight is 419 g/mol. The molecule has 1 atom stereocenters. The summed E-state index contributed by atoms with van der Waals surface area (Å²) in [5.74, 6) is 0.484. The number of thiophene rings is 1. The van der Waals surface area contributed by atoms with E-state index in [1.807, 2.05) is 47.8 Å². The summed E-state index contributed by atoms with van der Waals surface area (Å²) < 4.78 is 5.79. The van der Waals surface area contributed by atoms with E-state index in [4.69, 9.17) is 4.42 Å². The number of nitrogens with zero attached hydrogens (tertiary/aromatic N) is 1. The molecule has 5 rings (SSSR count). The zero-order chi connectivity index (χ0) is 20.9. The van der Waals surface area contributed by atoms with E-state index in [-0.39, 0.29) is 17.1 Å². The maximum Gasteiger partial charge on any atom is 0.269 e. The normalized spacial score (nSPS) is 20.3. The molecule has 0 saturated heterocycles. The van der Waals surface area contributed by atoms with E-state index in [2.05, 4.69) is 19.2 Å². The predicted octanol–water partition coefficient (Wildman–Crippen LogP) is 5.80. The number of ketones is 1. The molecule has 30 heavy (non-hydrogen) atoms. The highest BCUT2D eigenvalue weighted by Crippen LogP contribution is 2.48. The van der Waals surface area contributed by atoms with Crippen molar-refractivity contribution in [2.75, 3.05) is 10.2 Å². The number of anilines is 2. The quantitative estimate of drug-likeness (QED) is 0.571. The van der Waals surface area contributed by atoms with E-state index >= 15 is 0 Å². The van der Waals surface area contributed by atoms with Crippen molar-refractivity contribution in [3.8, 4) is 0 Å². The maximum atomic E-state index is 13.7. The Morgan fingerprint density at radius 2 is 1.97 bits per heavy atom. The second-order valence-corrected chi connectivity index (χ2v) is 9.49. The molecule has 0 saturated carbocycles. The number of allylic oxidation sites excluding steroid dienone is 1. The van der Waals surface area contributed by atoms with Gasteiger partial charge in [0.1, 0.15) is 11.8 Å². The molecule has 1 N–H and O–H groups in total. The SMILES string of the molecule is CC1(C)CC(=O)C2=C(C1)Nc1ccccc1N(C(=O)c1cccs1)C2c1ccco1. The van der Waals surface area contributed by atoms with Crippen molar-refractivity contribution in [1.82, 2.24) is 0 Å². The van der Waals surface area contributed by atoms with Crippen molar-refractivity contribution in [2.45, 2.75) is 32.7 Å². The first kappa shape index (κ1) is 18.9. The largest absolute Gasteiger partial charge is 0.467 e. The third-order valence-electron chi connectivity index (χ3n) is 5.66. The smallest absolute Gasteiger partial charge is 0.269 e. The molecule has 1 aliphatic heterocycles. The van der Waals surface area contributed by atoms with Crippen LogP contribution in [-0.4, -0.2) is 11.7 Å². The van der Waals surface area contributed by atoms with Crippen LogP contribution in [0.25, 0.3) is 0 Å². The van der Waals surface area contributed by atoms with Crippen LogP contribution in [0.4, 0.5) is 11.4 Å². The molecule has 6 heteroatoms. The van der Waals surface area contributed by atoms with Gasteiger partial charge in [0.2, 0.25) is 0 Å². The lowest BCUT2D eigenvalue weighted by Crippen LogP contribution is -2.39. The van der Waals surface area contributed by atoms with Crippen LogP contribution in [0.2, 0.25) is 0 Å². The van der Waals surface area contributed by atoms with Crippen molar-refractivity contribution < 1.29 is 14.0 Å². The molecule has 3 aromatic rings. The number of nitrogens with one attached hydrogen (secondary N) is 1. The van der Waals surface area contributed by atoms with E-state index in [9.17, 15) is 9.59 Å². The molecule has 0 fully saturated rings. The third kappa shape index (κ3) is 3.08. The minimum atomic E-state index is -0.621. The first-order valence-electron chi connectivity index (χ1n) is 9.97. The number of para-hydroxylation sites is 2. The molecular formula is C24H22N2O3S. The van der Waals surface area contributed by atoms with Gasteiger partial charge in [0.25, 0.3) is 5.91 Å². The zero-order valence-electron chi connectivity index (χ0n) is 16.8. The summed E-state index contributed by atoms with van der Waals surface area (Å²) in [6.07, 6.45) is 2.74. The first-order valence-corrected chi connectivity index (χ1v) is 10.9. The molecule has 5 nitrogen and oxygen atoms in total. The number of Topliss-reactive ketones (excluding diaryl/α,β-unsaturated/α-hetero) is 1. The second-order valence-electron chi connectivity index (χ2n) is 8.55. The van der Waals surface area contributed by atoms with Gasteiger partial charge in [-0.25, -0.2) is 0 Å². The summed E-state index contributed by atoms with van der Waals surface area (Å²) in [4.78, 5) is 29.5. The van der Waals surface area contributed by atoms with Gasteiger partial charge in [-0.05, 0) is 47.5 Å². The topological polar surface area (TPSA) is 62.6 Å². The molecule has 3 heterocycles. The van der Waals surface area contributed by atoms with Gasteiger partial charge >= 0.3 is 0 Å². The van der Waals surface area contributed by atoms with Crippen LogP contribution < -0.4 is 10.2 Å². The number of carbonyl (C=O) groups excluding carboxylic acids is 2. The average Bonchev–Trinajstić information content (AvgIpc) is 3.39. The summed E-state index contributed by atoms with van der Waals surface area (Å²) >= 11 is 1.39. The Morgan fingerprint density at radius 1 is 1.13 bits per heavy atom. The number of carbonyl (C=O) groups is 2. The van der Waals surface area contributed by atoms with Crippen LogP contribution in [0.1, 0.15) is 48.2 Å². The number of benzene rings is 1. The van der Waals surface area contributed by atoms with Crippen LogP contribution in [0, 0.1) is 5.41 Å². The fourth-order valence-electron chi connectivity index (χ4n) is 4.45. The third-order valence-corrected chi connectivity index (χ3v) is 6.52. The van der Waals surface area contributed by atoms with Crippen LogP contribution in [0.5, 0.6) is 0 Å². The lowest BCUT2D eigenvalue weighted by Gasteiger charge is -2.35. The van der Waals surface area contributed by atoms with E-state index in [1.54, 1.807) is 17.2 Å². The molecule has 2 aromatic heterocycles. The monoisotopic (exact) mass is 418 g/mol. The zero-order valence-corrected chi connectivity index (χ0v) is 17.7. The van der Waals surface area contributed by atoms with Gasteiger partial charge in [-0.3, -0.25) is 14.5 Å². The van der Waals surface area contributed by atoms with Gasteiger partial charge in [0.15, 0.2) is 5.78 Å². The van der Waals surface area contributed by atoms with Crippen molar-refractivity contribution >= 4 is 34.4 Å². The van der Waals surface area contributed by atoms with Crippen LogP contribution >= 0.6 is 11.3 Å². The van der Waals surface area contributed by atoms with E-state index in [1.165, 1.54) is 11.3 Å². The van der Waals surface area contributed by atoms with Crippen molar-refractivity contribution in [2.24, 2.45) is 5.41 Å².